The lowest BCUT2D eigenvalue weighted by Gasteiger charge is -2.31. The van der Waals surface area contributed by atoms with Crippen LogP contribution >= 0.6 is 22.9 Å². The van der Waals surface area contributed by atoms with Gasteiger partial charge in [-0.3, -0.25) is 9.69 Å². The van der Waals surface area contributed by atoms with Crippen LogP contribution in [0, 0.1) is 0 Å². The molecule has 0 aliphatic carbocycles. The summed E-state index contributed by atoms with van der Waals surface area (Å²) in [6.45, 7) is 7.46. The van der Waals surface area contributed by atoms with Gasteiger partial charge in [0.15, 0.2) is 15.0 Å². The molecule has 0 spiro atoms. The topological polar surface area (TPSA) is 79.4 Å². The molecular weight excluding hydrogens is 478 g/mol. The van der Waals surface area contributed by atoms with E-state index >= 15 is 0 Å². The second-order valence-corrected chi connectivity index (χ2v) is 12.4. The minimum Gasteiger partial charge on any atom is -0.302 e. The zero-order valence-electron chi connectivity index (χ0n) is 18.8. The molecule has 3 aromatic rings. The molecule has 2 aromatic carbocycles. The van der Waals surface area contributed by atoms with Crippen LogP contribution < -0.4 is 5.32 Å². The molecule has 4 rings (SSSR count). The number of nitrogens with zero attached hydrogens (tertiary/aromatic N) is 2. The quantitative estimate of drug-likeness (QED) is 0.489. The molecule has 33 heavy (non-hydrogen) atoms. The Morgan fingerprint density at radius 3 is 2.36 bits per heavy atom. The molecule has 1 aromatic heterocycles. The van der Waals surface area contributed by atoms with Crippen molar-refractivity contribution in [3.8, 4) is 0 Å². The third kappa shape index (κ3) is 5.14. The number of hydrogen-bond donors (Lipinski definition) is 1. The molecular formula is C24H26ClN3O3S2. The van der Waals surface area contributed by atoms with E-state index in [9.17, 15) is 13.2 Å². The molecule has 1 aliphatic rings. The van der Waals surface area contributed by atoms with E-state index in [0.717, 1.165) is 34.2 Å². The third-order valence-electron chi connectivity index (χ3n) is 5.96. The summed E-state index contributed by atoms with van der Waals surface area (Å²) in [6, 6.07) is 14.3. The summed E-state index contributed by atoms with van der Waals surface area (Å²) in [6.07, 6.45) is 0.156. The smallest absolute Gasteiger partial charge is 0.230 e. The number of rotatable bonds is 7. The maximum atomic E-state index is 12.6. The van der Waals surface area contributed by atoms with Crippen LogP contribution in [0.2, 0.25) is 5.02 Å². The molecule has 0 atom stereocenters. The number of sulfone groups is 1. The molecule has 1 amide bonds. The van der Waals surface area contributed by atoms with Crippen LogP contribution in [0.4, 0.5) is 5.13 Å². The number of thiazole rings is 1. The molecule has 1 N–H and O–H groups in total. The average Bonchev–Trinajstić information content (AvgIpc) is 3.27. The highest BCUT2D eigenvalue weighted by Crippen LogP contribution is 2.43. The second-order valence-electron chi connectivity index (χ2n) is 8.60. The SMILES string of the molecule is CCS(=O)(=O)c1ccc(CC(=O)Nc2nc3c(s2)CN(Cc2ccc(Cl)cc2)C3(C)C)cc1. The Hall–Kier alpha value is -2.26. The Bertz CT molecular complexity index is 1270. The first-order valence-corrected chi connectivity index (χ1v) is 13.5. The number of halogens is 1. The fourth-order valence-electron chi connectivity index (χ4n) is 3.91. The lowest BCUT2D eigenvalue weighted by molar-refractivity contribution is -0.115. The predicted octanol–water partition coefficient (Wildman–Crippen LogP) is 5.02. The minimum absolute atomic E-state index is 0.0506. The fourth-order valence-corrected chi connectivity index (χ4v) is 6.06. The van der Waals surface area contributed by atoms with Crippen molar-refractivity contribution >= 4 is 43.8 Å². The van der Waals surface area contributed by atoms with Crippen LogP contribution in [0.3, 0.4) is 0 Å². The Balaban J connectivity index is 1.40. The number of fused-ring (bicyclic) bond motifs is 1. The van der Waals surface area contributed by atoms with Gasteiger partial charge >= 0.3 is 0 Å². The van der Waals surface area contributed by atoms with Crippen molar-refractivity contribution in [2.45, 2.75) is 50.7 Å². The Morgan fingerprint density at radius 1 is 1.12 bits per heavy atom. The molecule has 2 heterocycles. The molecule has 0 bridgehead atoms. The minimum atomic E-state index is -3.25. The molecule has 0 saturated heterocycles. The van der Waals surface area contributed by atoms with Gasteiger partial charge in [-0.1, -0.05) is 54.1 Å². The molecule has 0 fully saturated rings. The first-order valence-electron chi connectivity index (χ1n) is 10.7. The van der Waals surface area contributed by atoms with Crippen molar-refractivity contribution in [3.05, 3.63) is 75.3 Å². The van der Waals surface area contributed by atoms with E-state index in [2.05, 4.69) is 24.1 Å². The lowest BCUT2D eigenvalue weighted by Crippen LogP contribution is -2.35. The summed E-state index contributed by atoms with van der Waals surface area (Å²) < 4.78 is 23.9. The summed E-state index contributed by atoms with van der Waals surface area (Å²) in [7, 11) is -3.25. The van der Waals surface area contributed by atoms with Crippen molar-refractivity contribution < 1.29 is 13.2 Å². The van der Waals surface area contributed by atoms with Crippen molar-refractivity contribution in [1.82, 2.24) is 9.88 Å². The number of hydrogen-bond acceptors (Lipinski definition) is 6. The van der Waals surface area contributed by atoms with Crippen LogP contribution in [-0.2, 0) is 39.7 Å². The first-order chi connectivity index (χ1) is 15.6. The fraction of sp³-hybridized carbons (Fsp3) is 0.333. The van der Waals surface area contributed by atoms with Crippen LogP contribution in [0.5, 0.6) is 0 Å². The van der Waals surface area contributed by atoms with Gasteiger partial charge in [-0.05, 0) is 49.2 Å². The van der Waals surface area contributed by atoms with E-state index in [0.29, 0.717) is 5.13 Å². The van der Waals surface area contributed by atoms with Crippen LogP contribution in [0.1, 0.15) is 42.5 Å². The summed E-state index contributed by atoms with van der Waals surface area (Å²) in [5, 5.41) is 4.22. The van der Waals surface area contributed by atoms with E-state index < -0.39 is 9.84 Å². The summed E-state index contributed by atoms with van der Waals surface area (Å²) >= 11 is 7.50. The van der Waals surface area contributed by atoms with Crippen molar-refractivity contribution in [2.75, 3.05) is 11.1 Å². The van der Waals surface area contributed by atoms with Gasteiger partial charge < -0.3 is 5.32 Å². The van der Waals surface area contributed by atoms with Crippen LogP contribution in [0.15, 0.2) is 53.4 Å². The van der Waals surface area contributed by atoms with Gasteiger partial charge in [-0.15, -0.1) is 0 Å². The zero-order valence-corrected chi connectivity index (χ0v) is 21.1. The lowest BCUT2D eigenvalue weighted by atomic mass is 10.0. The molecule has 6 nitrogen and oxygen atoms in total. The van der Waals surface area contributed by atoms with Gasteiger partial charge in [-0.25, -0.2) is 13.4 Å². The van der Waals surface area contributed by atoms with Crippen LogP contribution in [-0.4, -0.2) is 30.0 Å². The number of nitrogens with one attached hydrogen (secondary N) is 1. The highest BCUT2D eigenvalue weighted by molar-refractivity contribution is 7.91. The summed E-state index contributed by atoms with van der Waals surface area (Å²) in [5.41, 5.74) is 2.68. The maximum Gasteiger partial charge on any atom is 0.230 e. The van der Waals surface area contributed by atoms with E-state index in [1.54, 1.807) is 31.2 Å². The second kappa shape index (κ2) is 9.18. The van der Waals surface area contributed by atoms with Gasteiger partial charge in [0.1, 0.15) is 0 Å². The van der Waals surface area contributed by atoms with Gasteiger partial charge in [0.2, 0.25) is 5.91 Å². The number of aromatic nitrogens is 1. The van der Waals surface area contributed by atoms with E-state index in [-0.39, 0.29) is 28.5 Å². The Labute approximate surface area is 203 Å². The predicted molar refractivity (Wildman–Crippen MR) is 132 cm³/mol. The normalized spacial score (nSPS) is 15.4. The monoisotopic (exact) mass is 503 g/mol. The molecule has 174 valence electrons. The van der Waals surface area contributed by atoms with Crippen molar-refractivity contribution in [2.24, 2.45) is 0 Å². The van der Waals surface area contributed by atoms with Gasteiger partial charge in [-0.2, -0.15) is 0 Å². The molecule has 1 aliphatic heterocycles. The largest absolute Gasteiger partial charge is 0.302 e. The van der Waals surface area contributed by atoms with Crippen molar-refractivity contribution in [3.63, 3.8) is 0 Å². The maximum absolute atomic E-state index is 12.6. The molecule has 9 heteroatoms. The Kier molecular flexibility index (Phi) is 6.64. The van der Waals surface area contributed by atoms with E-state index in [1.165, 1.54) is 16.9 Å². The number of amides is 1. The van der Waals surface area contributed by atoms with Gasteiger partial charge in [0.05, 0.1) is 28.3 Å². The highest BCUT2D eigenvalue weighted by Gasteiger charge is 2.40. The Morgan fingerprint density at radius 2 is 1.76 bits per heavy atom. The third-order valence-corrected chi connectivity index (χ3v) is 8.92. The number of benzene rings is 2. The summed E-state index contributed by atoms with van der Waals surface area (Å²) in [4.78, 5) is 21.1. The molecule has 0 radical (unpaired) electrons. The molecule has 0 saturated carbocycles. The van der Waals surface area contributed by atoms with E-state index in [1.807, 2.05) is 24.3 Å². The van der Waals surface area contributed by atoms with Gasteiger partial charge in [0, 0.05) is 23.0 Å². The van der Waals surface area contributed by atoms with Gasteiger partial charge in [0.25, 0.3) is 0 Å². The summed E-state index contributed by atoms with van der Waals surface area (Å²) in [5.74, 6) is -0.126. The number of anilines is 1. The van der Waals surface area contributed by atoms with E-state index in [4.69, 9.17) is 16.6 Å². The average molecular weight is 504 g/mol. The first kappa shape index (κ1) is 23.9. The zero-order chi connectivity index (χ0) is 23.8. The van der Waals surface area contributed by atoms with Crippen molar-refractivity contribution in [1.29, 1.82) is 0 Å². The highest BCUT2D eigenvalue weighted by atomic mass is 35.5. The number of carbonyl (C=O) groups excluding carboxylic acids is 1. The van der Waals surface area contributed by atoms with Crippen LogP contribution in [0.25, 0.3) is 0 Å². The standard InChI is InChI=1S/C24H26ClN3O3S2/c1-4-33(30,31)19-11-7-16(8-12-19)13-21(29)26-23-27-22-20(32-23)15-28(24(22,2)3)14-17-5-9-18(25)10-6-17/h5-12H,4,13-15H2,1-3H3,(H,26,27,29). The number of carbonyl (C=O) groups is 1. The molecule has 0 unspecified atom stereocenters.